The van der Waals surface area contributed by atoms with Crippen LogP contribution in [0, 0.1) is 17.2 Å². The average molecular weight is 306 g/mol. The molecule has 7 heteroatoms. The Morgan fingerprint density at radius 1 is 1.23 bits per heavy atom. The maximum absolute atomic E-state index is 12.2. The number of Topliss-reactive ketones (excluding diaryl/α,β-unsaturated/α-hetero) is 1. The largest absolute Gasteiger partial charge is 0.428 e. The number of rotatable bonds is 5. The molecule has 0 aromatic rings. The molecule has 22 heavy (non-hydrogen) atoms. The number of hydrogen-bond donors (Lipinski definition) is 1. The van der Waals surface area contributed by atoms with Crippen molar-refractivity contribution in [3.05, 3.63) is 22.5 Å². The Labute approximate surface area is 128 Å². The minimum atomic E-state index is -1.11. The van der Waals surface area contributed by atoms with Gasteiger partial charge in [-0.05, 0) is 20.8 Å². The van der Waals surface area contributed by atoms with E-state index in [1.807, 2.05) is 6.07 Å². The molecule has 7 nitrogen and oxygen atoms in total. The second-order valence-corrected chi connectivity index (χ2v) is 4.75. The fourth-order valence-corrected chi connectivity index (χ4v) is 2.18. The highest BCUT2D eigenvalue weighted by atomic mass is 16.7. The first-order valence-electron chi connectivity index (χ1n) is 6.75. The molecule has 0 aromatic heterocycles. The summed E-state index contributed by atoms with van der Waals surface area (Å²) in [6.45, 7) is 5.66. The van der Waals surface area contributed by atoms with E-state index in [2.05, 4.69) is 10.1 Å². The van der Waals surface area contributed by atoms with Crippen molar-refractivity contribution in [1.29, 1.82) is 5.26 Å². The van der Waals surface area contributed by atoms with Crippen molar-refractivity contribution in [1.82, 2.24) is 5.32 Å². The quantitative estimate of drug-likeness (QED) is 0.603. The van der Waals surface area contributed by atoms with Gasteiger partial charge in [-0.3, -0.25) is 14.4 Å². The molecule has 118 valence electrons. The Balaban J connectivity index is 3.01. The van der Waals surface area contributed by atoms with Crippen LogP contribution in [-0.2, 0) is 23.9 Å². The first-order valence-corrected chi connectivity index (χ1v) is 6.75. The zero-order chi connectivity index (χ0) is 16.9. The Morgan fingerprint density at radius 3 is 2.36 bits per heavy atom. The van der Waals surface area contributed by atoms with E-state index in [1.165, 1.54) is 6.92 Å². The third kappa shape index (κ3) is 3.73. The second kappa shape index (κ2) is 7.41. The fraction of sp³-hybridized carbons (Fsp3) is 0.467. The van der Waals surface area contributed by atoms with Gasteiger partial charge < -0.3 is 14.8 Å². The van der Waals surface area contributed by atoms with Gasteiger partial charge in [0.15, 0.2) is 5.78 Å². The molecule has 0 aliphatic carbocycles. The molecule has 1 aliphatic heterocycles. The third-order valence-corrected chi connectivity index (χ3v) is 3.21. The van der Waals surface area contributed by atoms with Gasteiger partial charge in [0.1, 0.15) is 5.92 Å². The van der Waals surface area contributed by atoms with Crippen molar-refractivity contribution in [2.24, 2.45) is 5.92 Å². The van der Waals surface area contributed by atoms with Crippen LogP contribution in [0.25, 0.3) is 0 Å². The number of nitriles is 1. The number of hydrogen-bond acceptors (Lipinski definition) is 7. The van der Waals surface area contributed by atoms with E-state index in [-0.39, 0.29) is 23.4 Å². The van der Waals surface area contributed by atoms with E-state index in [0.717, 1.165) is 0 Å². The Morgan fingerprint density at radius 2 is 1.86 bits per heavy atom. The monoisotopic (exact) mass is 306 g/mol. The van der Waals surface area contributed by atoms with Crippen molar-refractivity contribution in [2.45, 2.75) is 34.1 Å². The van der Waals surface area contributed by atoms with Crippen LogP contribution < -0.4 is 5.32 Å². The molecule has 1 heterocycles. The minimum absolute atomic E-state index is 0.114. The van der Waals surface area contributed by atoms with Crippen LogP contribution in [0.5, 0.6) is 0 Å². The zero-order valence-corrected chi connectivity index (χ0v) is 13.0. The summed E-state index contributed by atoms with van der Waals surface area (Å²) in [4.78, 5) is 35.0. The first-order chi connectivity index (χ1) is 10.3. The Kier molecular flexibility index (Phi) is 5.87. The maximum atomic E-state index is 12.2. The molecule has 0 bridgehead atoms. The topological polar surface area (TPSA) is 105 Å². The Hall–Kier alpha value is -2.62. The summed E-state index contributed by atoms with van der Waals surface area (Å²) >= 11 is 0. The van der Waals surface area contributed by atoms with Gasteiger partial charge in [0.05, 0.1) is 11.6 Å². The second-order valence-electron chi connectivity index (χ2n) is 4.75. The average Bonchev–Trinajstić information content (AvgIpc) is 2.45. The van der Waals surface area contributed by atoms with Gasteiger partial charge in [0.2, 0.25) is 6.79 Å². The summed E-state index contributed by atoms with van der Waals surface area (Å²) in [5, 5.41) is 12.1. The fourth-order valence-electron chi connectivity index (χ4n) is 2.18. The molecule has 1 unspecified atom stereocenters. The van der Waals surface area contributed by atoms with Gasteiger partial charge in [0.25, 0.3) is 0 Å². The van der Waals surface area contributed by atoms with E-state index in [9.17, 15) is 19.6 Å². The molecule has 1 atom stereocenters. The molecule has 0 saturated heterocycles. The number of esters is 2. The van der Waals surface area contributed by atoms with Crippen LogP contribution in [0.3, 0.4) is 0 Å². The number of carbonyl (C=O) groups is 3. The van der Waals surface area contributed by atoms with Crippen molar-refractivity contribution in [2.75, 3.05) is 6.79 Å². The van der Waals surface area contributed by atoms with E-state index in [1.54, 1.807) is 20.8 Å². The van der Waals surface area contributed by atoms with Gasteiger partial charge in [-0.2, -0.15) is 5.26 Å². The summed E-state index contributed by atoms with van der Waals surface area (Å²) in [7, 11) is 0. The van der Waals surface area contributed by atoms with E-state index in [4.69, 9.17) is 4.74 Å². The SMILES string of the molecule is CCC(=O)OCOC(=O)C1C(C#N)=C(C)NC(C)=C1C(C)=O. The number of carbonyl (C=O) groups excluding carboxylic acids is 3. The number of ketones is 1. The summed E-state index contributed by atoms with van der Waals surface area (Å²) in [6.07, 6.45) is 0.158. The van der Waals surface area contributed by atoms with E-state index in [0.29, 0.717) is 11.4 Å². The molecule has 0 spiro atoms. The van der Waals surface area contributed by atoms with Crippen LogP contribution >= 0.6 is 0 Å². The zero-order valence-electron chi connectivity index (χ0n) is 13.0. The van der Waals surface area contributed by atoms with Gasteiger partial charge in [-0.1, -0.05) is 6.92 Å². The lowest BCUT2D eigenvalue weighted by Gasteiger charge is -2.26. The van der Waals surface area contributed by atoms with Crippen molar-refractivity contribution < 1.29 is 23.9 Å². The summed E-state index contributed by atoms with van der Waals surface area (Å²) in [5.41, 5.74) is 1.27. The smallest absolute Gasteiger partial charge is 0.321 e. The summed E-state index contributed by atoms with van der Waals surface area (Å²) in [6, 6.07) is 1.92. The van der Waals surface area contributed by atoms with E-state index >= 15 is 0 Å². The van der Waals surface area contributed by atoms with Crippen LogP contribution in [0.4, 0.5) is 0 Å². The number of allylic oxidation sites excluding steroid dienone is 2. The highest BCUT2D eigenvalue weighted by Crippen LogP contribution is 2.30. The number of ether oxygens (including phenoxy) is 2. The van der Waals surface area contributed by atoms with Crippen molar-refractivity contribution >= 4 is 17.7 Å². The standard InChI is InChI=1S/C15H18N2O5/c1-5-12(19)21-7-22-15(20)14-11(6-16)8(2)17-9(3)13(14)10(4)18/h14,17H,5,7H2,1-4H3. The molecule has 1 rings (SSSR count). The molecule has 0 saturated carbocycles. The molecular formula is C15H18N2O5. The number of nitrogens with zero attached hydrogens (tertiary/aromatic N) is 1. The molecule has 0 fully saturated rings. The predicted octanol–water partition coefficient (Wildman–Crippen LogP) is 1.32. The highest BCUT2D eigenvalue weighted by Gasteiger charge is 2.37. The summed E-state index contributed by atoms with van der Waals surface area (Å²) < 4.78 is 9.56. The molecular weight excluding hydrogens is 288 g/mol. The molecule has 0 radical (unpaired) electrons. The van der Waals surface area contributed by atoms with Gasteiger partial charge >= 0.3 is 11.9 Å². The Bertz CT molecular complexity index is 610. The number of nitrogens with one attached hydrogen (secondary N) is 1. The molecule has 0 aromatic carbocycles. The lowest BCUT2D eigenvalue weighted by molar-refractivity contribution is -0.168. The van der Waals surface area contributed by atoms with Crippen LogP contribution in [0.1, 0.15) is 34.1 Å². The van der Waals surface area contributed by atoms with Crippen LogP contribution in [0.2, 0.25) is 0 Å². The van der Waals surface area contributed by atoms with Crippen molar-refractivity contribution in [3.8, 4) is 6.07 Å². The molecule has 1 aliphatic rings. The van der Waals surface area contributed by atoms with Crippen molar-refractivity contribution in [3.63, 3.8) is 0 Å². The number of dihydropyridines is 1. The van der Waals surface area contributed by atoms with Gasteiger partial charge in [0, 0.05) is 23.4 Å². The van der Waals surface area contributed by atoms with E-state index < -0.39 is 24.6 Å². The van der Waals surface area contributed by atoms with Crippen LogP contribution in [0.15, 0.2) is 22.5 Å². The van der Waals surface area contributed by atoms with Gasteiger partial charge in [-0.15, -0.1) is 0 Å². The molecule has 1 N–H and O–H groups in total. The minimum Gasteiger partial charge on any atom is -0.428 e. The summed E-state index contributed by atoms with van der Waals surface area (Å²) in [5.74, 6) is -2.75. The predicted molar refractivity (Wildman–Crippen MR) is 75.7 cm³/mol. The first kappa shape index (κ1) is 17.4. The van der Waals surface area contributed by atoms with Gasteiger partial charge in [-0.25, -0.2) is 0 Å². The highest BCUT2D eigenvalue weighted by molar-refractivity contribution is 6.02. The lowest BCUT2D eigenvalue weighted by Crippen LogP contribution is -2.34. The third-order valence-electron chi connectivity index (χ3n) is 3.21. The normalized spacial score (nSPS) is 17.5. The maximum Gasteiger partial charge on any atom is 0.321 e. The molecule has 0 amide bonds. The van der Waals surface area contributed by atoms with Crippen LogP contribution in [-0.4, -0.2) is 24.5 Å². The lowest BCUT2D eigenvalue weighted by atomic mass is 9.84.